The molecule has 0 heterocycles. The fourth-order valence-corrected chi connectivity index (χ4v) is 3.72. The Hall–Kier alpha value is -2.67. The van der Waals surface area contributed by atoms with Crippen LogP contribution in [-0.2, 0) is 0 Å². The van der Waals surface area contributed by atoms with Crippen molar-refractivity contribution >= 4 is 14.1 Å². The zero-order valence-electron chi connectivity index (χ0n) is 19.3. The van der Waals surface area contributed by atoms with E-state index in [2.05, 4.69) is 33.9 Å². The maximum absolute atomic E-state index is 13.3. The van der Waals surface area contributed by atoms with Gasteiger partial charge in [0.25, 0.3) is 8.32 Å². The first-order chi connectivity index (χ1) is 14.0. The molecule has 164 valence electrons. The van der Waals surface area contributed by atoms with Crippen molar-refractivity contribution in [2.75, 3.05) is 28.4 Å². The lowest BCUT2D eigenvalue weighted by Crippen LogP contribution is -2.44. The van der Waals surface area contributed by atoms with Crippen molar-refractivity contribution in [3.05, 3.63) is 41.5 Å². The van der Waals surface area contributed by atoms with Gasteiger partial charge in [-0.2, -0.15) is 0 Å². The monoisotopic (exact) mass is 432 g/mol. The van der Waals surface area contributed by atoms with E-state index in [-0.39, 0.29) is 10.8 Å². The minimum atomic E-state index is -2.12. The molecule has 0 bridgehead atoms. The normalized spacial score (nSPS) is 11.6. The van der Waals surface area contributed by atoms with Crippen LogP contribution in [0.15, 0.2) is 30.3 Å². The Balaban J connectivity index is 2.51. The third-order valence-electron chi connectivity index (χ3n) is 5.52. The zero-order valence-corrected chi connectivity index (χ0v) is 20.3. The molecule has 30 heavy (non-hydrogen) atoms. The largest absolute Gasteiger partial charge is 0.541 e. The summed E-state index contributed by atoms with van der Waals surface area (Å²) in [5, 5.41) is 0.00867. The van der Waals surface area contributed by atoms with Gasteiger partial charge in [-0.05, 0) is 48.5 Å². The zero-order chi connectivity index (χ0) is 22.7. The minimum absolute atomic E-state index is 0.00867. The van der Waals surface area contributed by atoms with E-state index in [1.54, 1.807) is 37.4 Å². The number of benzene rings is 2. The minimum Gasteiger partial charge on any atom is -0.541 e. The molecule has 0 aliphatic rings. The second-order valence-corrected chi connectivity index (χ2v) is 13.2. The van der Waals surface area contributed by atoms with Crippen LogP contribution in [0.1, 0.15) is 36.7 Å². The molecule has 0 N–H and O–H groups in total. The van der Waals surface area contributed by atoms with E-state index in [1.807, 2.05) is 0 Å². The van der Waals surface area contributed by atoms with Crippen molar-refractivity contribution in [3.8, 4) is 28.7 Å². The lowest BCUT2D eigenvalue weighted by molar-refractivity contribution is 0.103. The molecule has 2 aromatic rings. The van der Waals surface area contributed by atoms with Crippen LogP contribution in [0.4, 0.5) is 0 Å². The van der Waals surface area contributed by atoms with E-state index in [0.717, 1.165) is 0 Å². The predicted molar refractivity (Wildman–Crippen MR) is 120 cm³/mol. The van der Waals surface area contributed by atoms with Crippen molar-refractivity contribution in [2.45, 2.75) is 38.9 Å². The van der Waals surface area contributed by atoms with Crippen molar-refractivity contribution in [1.82, 2.24) is 0 Å². The summed E-state index contributed by atoms with van der Waals surface area (Å²) in [6, 6.07) is 8.51. The van der Waals surface area contributed by atoms with Crippen LogP contribution in [0, 0.1) is 0 Å². The number of hydrogen-bond donors (Lipinski definition) is 0. The molecule has 0 aliphatic heterocycles. The molecule has 0 saturated heterocycles. The highest BCUT2D eigenvalue weighted by atomic mass is 28.4. The van der Waals surface area contributed by atoms with Gasteiger partial charge in [0.05, 0.1) is 28.4 Å². The number of ketones is 1. The van der Waals surface area contributed by atoms with Crippen molar-refractivity contribution < 1.29 is 28.2 Å². The Morgan fingerprint density at radius 2 is 1.23 bits per heavy atom. The quantitative estimate of drug-likeness (QED) is 0.415. The second kappa shape index (κ2) is 9.00. The number of methoxy groups -OCH3 is 4. The van der Waals surface area contributed by atoms with Crippen LogP contribution in [0.5, 0.6) is 28.7 Å². The lowest BCUT2D eigenvalue weighted by atomic mass is 10.0. The summed E-state index contributed by atoms with van der Waals surface area (Å²) in [7, 11) is 4.03. The van der Waals surface area contributed by atoms with Gasteiger partial charge in [-0.15, -0.1) is 0 Å². The molecule has 7 heteroatoms. The van der Waals surface area contributed by atoms with E-state index in [1.165, 1.54) is 21.3 Å². The van der Waals surface area contributed by atoms with Crippen molar-refractivity contribution in [2.24, 2.45) is 0 Å². The third-order valence-corrected chi connectivity index (χ3v) is 9.87. The third kappa shape index (κ3) is 4.72. The van der Waals surface area contributed by atoms with Crippen LogP contribution < -0.4 is 23.4 Å². The summed E-state index contributed by atoms with van der Waals surface area (Å²) in [6.07, 6.45) is 0. The molecule has 0 unspecified atom stereocenters. The molecule has 0 amide bonds. The maximum Gasteiger partial charge on any atom is 0.250 e. The van der Waals surface area contributed by atoms with Gasteiger partial charge in [0.2, 0.25) is 5.75 Å². The van der Waals surface area contributed by atoms with E-state index >= 15 is 0 Å². The second-order valence-electron chi connectivity index (χ2n) is 8.47. The number of rotatable bonds is 8. The van der Waals surface area contributed by atoms with Gasteiger partial charge in [-0.3, -0.25) is 4.79 Å². The van der Waals surface area contributed by atoms with Crippen LogP contribution in [0.25, 0.3) is 0 Å². The summed E-state index contributed by atoms with van der Waals surface area (Å²) in [4.78, 5) is 13.3. The van der Waals surface area contributed by atoms with Gasteiger partial charge in [-0.1, -0.05) is 20.8 Å². The summed E-state index contributed by atoms with van der Waals surface area (Å²) < 4.78 is 28.0. The van der Waals surface area contributed by atoms with Gasteiger partial charge in [-0.25, -0.2) is 0 Å². The Morgan fingerprint density at radius 1 is 0.733 bits per heavy atom. The first kappa shape index (κ1) is 23.6. The molecule has 0 spiro atoms. The van der Waals surface area contributed by atoms with Gasteiger partial charge >= 0.3 is 0 Å². The van der Waals surface area contributed by atoms with Gasteiger partial charge < -0.3 is 23.4 Å². The first-order valence-electron chi connectivity index (χ1n) is 9.70. The highest BCUT2D eigenvalue weighted by Crippen LogP contribution is 2.41. The molecule has 2 rings (SSSR count). The molecule has 0 aromatic heterocycles. The number of carbonyl (C=O) groups excluding carboxylic acids is 1. The topological polar surface area (TPSA) is 63.2 Å². The van der Waals surface area contributed by atoms with Gasteiger partial charge in [0.15, 0.2) is 23.0 Å². The molecule has 6 nitrogen and oxygen atoms in total. The fraction of sp³-hybridized carbons (Fsp3) is 0.435. The average molecular weight is 433 g/mol. The van der Waals surface area contributed by atoms with Crippen LogP contribution in [0.2, 0.25) is 18.1 Å². The van der Waals surface area contributed by atoms with Crippen molar-refractivity contribution in [1.29, 1.82) is 0 Å². The van der Waals surface area contributed by atoms with Gasteiger partial charge in [0.1, 0.15) is 5.75 Å². The lowest BCUT2D eigenvalue weighted by Gasteiger charge is -2.36. The fourth-order valence-electron chi connectivity index (χ4n) is 2.70. The first-order valence-corrected chi connectivity index (χ1v) is 12.6. The molecule has 2 aromatic carbocycles. The number of hydrogen-bond acceptors (Lipinski definition) is 6. The molecule has 0 radical (unpaired) electrons. The molecule has 0 fully saturated rings. The highest BCUT2D eigenvalue weighted by molar-refractivity contribution is 6.74. The Labute approximate surface area is 180 Å². The van der Waals surface area contributed by atoms with E-state index < -0.39 is 8.32 Å². The molecule has 0 aliphatic carbocycles. The standard InChI is InChI=1S/C23H32O6Si/c1-23(2,3)30(8,9)29-18-12-15(10-11-17(18)25-4)21(24)16-13-19(26-5)22(28-7)20(14-16)27-6/h10-14H,1-9H3. The summed E-state index contributed by atoms with van der Waals surface area (Å²) in [5.41, 5.74) is 0.909. The smallest absolute Gasteiger partial charge is 0.250 e. The average Bonchev–Trinajstić information content (AvgIpc) is 2.70. The van der Waals surface area contributed by atoms with E-state index in [4.69, 9.17) is 23.4 Å². The Bertz CT molecular complexity index is 889. The maximum atomic E-state index is 13.3. The Morgan fingerprint density at radius 3 is 1.67 bits per heavy atom. The van der Waals surface area contributed by atoms with Crippen molar-refractivity contribution in [3.63, 3.8) is 0 Å². The number of carbonyl (C=O) groups is 1. The van der Waals surface area contributed by atoms with Crippen LogP contribution in [0.3, 0.4) is 0 Å². The summed E-state index contributed by atoms with van der Waals surface area (Å²) in [5.74, 6) is 2.27. The van der Waals surface area contributed by atoms with E-state index in [0.29, 0.717) is 39.9 Å². The van der Waals surface area contributed by atoms with Crippen LogP contribution >= 0.6 is 0 Å². The molecular formula is C23H32O6Si. The van der Waals surface area contributed by atoms with E-state index in [9.17, 15) is 4.79 Å². The Kier molecular flexibility index (Phi) is 7.08. The highest BCUT2D eigenvalue weighted by Gasteiger charge is 2.39. The summed E-state index contributed by atoms with van der Waals surface area (Å²) in [6.45, 7) is 10.8. The number of ether oxygens (including phenoxy) is 4. The van der Waals surface area contributed by atoms with Crippen LogP contribution in [-0.4, -0.2) is 42.5 Å². The predicted octanol–water partition coefficient (Wildman–Crippen LogP) is 5.34. The van der Waals surface area contributed by atoms with Gasteiger partial charge in [0, 0.05) is 11.1 Å². The SMILES string of the molecule is COc1ccc(C(=O)c2cc(OC)c(OC)c(OC)c2)cc1O[Si](C)(C)C(C)(C)C. The molecule has 0 saturated carbocycles. The summed E-state index contributed by atoms with van der Waals surface area (Å²) >= 11 is 0. The molecular weight excluding hydrogens is 400 g/mol. The molecule has 0 atom stereocenters.